The number of aliphatic hydroxyl groups is 1. The van der Waals surface area contributed by atoms with E-state index in [1.165, 1.54) is 0 Å². The highest BCUT2D eigenvalue weighted by molar-refractivity contribution is 5.85. The van der Waals surface area contributed by atoms with E-state index in [-0.39, 0.29) is 12.2 Å². The number of ether oxygens (including phenoxy) is 1. The van der Waals surface area contributed by atoms with Crippen molar-refractivity contribution in [2.24, 2.45) is 0 Å². The van der Waals surface area contributed by atoms with Gasteiger partial charge in [-0.05, 0) is 50.1 Å². The number of hydrogen-bond acceptors (Lipinski definition) is 4. The number of aliphatic hydroxyl groups excluding tert-OH is 1. The van der Waals surface area contributed by atoms with Crippen LogP contribution in [0.4, 0.5) is 0 Å². The van der Waals surface area contributed by atoms with E-state index < -0.39 is 6.10 Å². The lowest BCUT2D eigenvalue weighted by atomic mass is 10.0. The van der Waals surface area contributed by atoms with Crippen LogP contribution in [0.3, 0.4) is 0 Å². The van der Waals surface area contributed by atoms with Gasteiger partial charge in [-0.3, -0.25) is 4.79 Å². The standard InChI is InChI=1S/C22H26N2O3/c1-14-4-8-19(9-5-14)27-13-18(25)12-23-11-17-10-20-15(2)6-7-16(3)21(20)24-22(17)26/h4-10,18,23,25H,11-13H2,1-3H3,(H,24,26)/t18-/m1/s1. The van der Waals surface area contributed by atoms with Crippen molar-refractivity contribution in [2.75, 3.05) is 13.2 Å². The van der Waals surface area contributed by atoms with E-state index in [9.17, 15) is 9.90 Å². The van der Waals surface area contributed by atoms with E-state index in [0.717, 1.165) is 33.3 Å². The van der Waals surface area contributed by atoms with Crippen LogP contribution in [0.25, 0.3) is 10.9 Å². The van der Waals surface area contributed by atoms with Gasteiger partial charge in [-0.2, -0.15) is 0 Å². The fourth-order valence-corrected chi connectivity index (χ4v) is 3.01. The molecule has 0 aliphatic heterocycles. The third kappa shape index (κ3) is 4.76. The molecule has 1 atom stereocenters. The Balaban J connectivity index is 1.57. The third-order valence-corrected chi connectivity index (χ3v) is 4.68. The molecule has 3 N–H and O–H groups in total. The van der Waals surface area contributed by atoms with Crippen LogP contribution in [0.2, 0.25) is 0 Å². The van der Waals surface area contributed by atoms with E-state index in [0.29, 0.717) is 18.7 Å². The van der Waals surface area contributed by atoms with Crippen molar-refractivity contribution in [3.05, 3.63) is 75.1 Å². The number of nitrogens with one attached hydrogen (secondary N) is 2. The smallest absolute Gasteiger partial charge is 0.252 e. The second-order valence-corrected chi connectivity index (χ2v) is 7.02. The molecule has 0 spiro atoms. The summed E-state index contributed by atoms with van der Waals surface area (Å²) in [5.74, 6) is 0.733. The summed E-state index contributed by atoms with van der Waals surface area (Å²) in [6, 6.07) is 13.7. The minimum atomic E-state index is -0.658. The van der Waals surface area contributed by atoms with E-state index in [1.54, 1.807) is 0 Å². The molecule has 0 aliphatic rings. The molecular formula is C22H26N2O3. The molecule has 0 amide bonds. The normalized spacial score (nSPS) is 12.3. The van der Waals surface area contributed by atoms with Crippen LogP contribution in [0.5, 0.6) is 5.75 Å². The predicted octanol–water partition coefficient (Wildman–Crippen LogP) is 2.98. The fourth-order valence-electron chi connectivity index (χ4n) is 3.01. The van der Waals surface area contributed by atoms with Crippen LogP contribution in [0, 0.1) is 20.8 Å². The van der Waals surface area contributed by atoms with Gasteiger partial charge in [0.25, 0.3) is 5.56 Å². The minimum absolute atomic E-state index is 0.103. The molecule has 27 heavy (non-hydrogen) atoms. The number of fused-ring (bicyclic) bond motifs is 1. The van der Waals surface area contributed by atoms with Crippen molar-refractivity contribution >= 4 is 10.9 Å². The zero-order valence-electron chi connectivity index (χ0n) is 16.0. The average Bonchev–Trinajstić information content (AvgIpc) is 2.65. The molecule has 3 aromatic rings. The molecule has 3 rings (SSSR count). The fraction of sp³-hybridized carbons (Fsp3) is 0.318. The van der Waals surface area contributed by atoms with Gasteiger partial charge in [-0.1, -0.05) is 29.8 Å². The van der Waals surface area contributed by atoms with Crippen molar-refractivity contribution < 1.29 is 9.84 Å². The van der Waals surface area contributed by atoms with Crippen molar-refractivity contribution in [3.8, 4) is 5.75 Å². The zero-order valence-corrected chi connectivity index (χ0v) is 16.0. The van der Waals surface area contributed by atoms with Gasteiger partial charge in [0.1, 0.15) is 18.5 Å². The highest BCUT2D eigenvalue weighted by Gasteiger charge is 2.09. The van der Waals surface area contributed by atoms with Gasteiger partial charge in [0, 0.05) is 24.0 Å². The number of H-pyrrole nitrogens is 1. The second kappa shape index (κ2) is 8.37. The topological polar surface area (TPSA) is 74.3 Å². The lowest BCUT2D eigenvalue weighted by Crippen LogP contribution is -2.32. The summed E-state index contributed by atoms with van der Waals surface area (Å²) in [6.45, 7) is 6.96. The van der Waals surface area contributed by atoms with Gasteiger partial charge in [0.05, 0.1) is 5.52 Å². The molecule has 0 unspecified atom stereocenters. The lowest BCUT2D eigenvalue weighted by Gasteiger charge is -2.14. The highest BCUT2D eigenvalue weighted by Crippen LogP contribution is 2.19. The van der Waals surface area contributed by atoms with Crippen LogP contribution in [-0.4, -0.2) is 29.3 Å². The molecular weight excluding hydrogens is 340 g/mol. The Bertz CT molecular complexity index is 977. The van der Waals surface area contributed by atoms with Gasteiger partial charge >= 0.3 is 0 Å². The number of pyridine rings is 1. The Kier molecular flexibility index (Phi) is 5.94. The number of hydrogen-bond donors (Lipinski definition) is 3. The molecule has 0 saturated heterocycles. The first-order valence-corrected chi connectivity index (χ1v) is 9.14. The summed E-state index contributed by atoms with van der Waals surface area (Å²) in [4.78, 5) is 15.3. The number of aryl methyl sites for hydroxylation is 3. The van der Waals surface area contributed by atoms with Gasteiger partial charge in [-0.15, -0.1) is 0 Å². The molecule has 0 bridgehead atoms. The maximum atomic E-state index is 12.3. The molecule has 1 aromatic heterocycles. The molecule has 2 aromatic carbocycles. The number of aromatic nitrogens is 1. The predicted molar refractivity (Wildman–Crippen MR) is 108 cm³/mol. The molecule has 1 heterocycles. The SMILES string of the molecule is Cc1ccc(OC[C@H](O)CNCc2cc3c(C)ccc(C)c3[nH]c2=O)cc1. The first kappa shape index (κ1) is 19.1. The van der Waals surface area contributed by atoms with Crippen LogP contribution in [-0.2, 0) is 6.54 Å². The summed E-state index contributed by atoms with van der Waals surface area (Å²) in [5.41, 5.74) is 4.78. The molecule has 5 heteroatoms. The Morgan fingerprint density at radius 2 is 1.78 bits per heavy atom. The van der Waals surface area contributed by atoms with Crippen molar-refractivity contribution in [3.63, 3.8) is 0 Å². The monoisotopic (exact) mass is 366 g/mol. The quantitative estimate of drug-likeness (QED) is 0.601. The lowest BCUT2D eigenvalue weighted by molar-refractivity contribution is 0.106. The summed E-state index contributed by atoms with van der Waals surface area (Å²) in [5, 5.41) is 14.3. The Labute approximate surface area is 159 Å². The molecule has 0 fully saturated rings. The van der Waals surface area contributed by atoms with Gasteiger partial charge in [0.15, 0.2) is 0 Å². The summed E-state index contributed by atoms with van der Waals surface area (Å²) in [7, 11) is 0. The van der Waals surface area contributed by atoms with E-state index in [1.807, 2.05) is 57.2 Å². The van der Waals surface area contributed by atoms with Gasteiger partial charge in [-0.25, -0.2) is 0 Å². The van der Waals surface area contributed by atoms with Gasteiger partial charge in [0.2, 0.25) is 0 Å². The molecule has 0 aliphatic carbocycles. The van der Waals surface area contributed by atoms with Crippen LogP contribution < -0.4 is 15.6 Å². The number of benzene rings is 2. The van der Waals surface area contributed by atoms with Crippen LogP contribution in [0.1, 0.15) is 22.3 Å². The third-order valence-electron chi connectivity index (χ3n) is 4.68. The molecule has 5 nitrogen and oxygen atoms in total. The number of rotatable bonds is 7. The summed E-state index contributed by atoms with van der Waals surface area (Å²) >= 11 is 0. The van der Waals surface area contributed by atoms with E-state index >= 15 is 0 Å². The van der Waals surface area contributed by atoms with Crippen molar-refractivity contribution in [2.45, 2.75) is 33.4 Å². The van der Waals surface area contributed by atoms with E-state index in [2.05, 4.69) is 16.4 Å². The largest absolute Gasteiger partial charge is 0.491 e. The van der Waals surface area contributed by atoms with Crippen LogP contribution >= 0.6 is 0 Å². The Morgan fingerprint density at radius 3 is 2.52 bits per heavy atom. The summed E-state index contributed by atoms with van der Waals surface area (Å²) < 4.78 is 5.58. The molecule has 142 valence electrons. The average molecular weight is 366 g/mol. The first-order valence-electron chi connectivity index (χ1n) is 9.14. The first-order chi connectivity index (χ1) is 12.9. The molecule has 0 saturated carbocycles. The van der Waals surface area contributed by atoms with Crippen LogP contribution in [0.15, 0.2) is 47.3 Å². The van der Waals surface area contributed by atoms with Crippen molar-refractivity contribution in [1.29, 1.82) is 0 Å². The second-order valence-electron chi connectivity index (χ2n) is 7.02. The maximum absolute atomic E-state index is 12.3. The van der Waals surface area contributed by atoms with Gasteiger partial charge < -0.3 is 20.1 Å². The Morgan fingerprint density at radius 1 is 1.07 bits per heavy atom. The summed E-state index contributed by atoms with van der Waals surface area (Å²) in [6.07, 6.45) is -0.658. The minimum Gasteiger partial charge on any atom is -0.491 e. The highest BCUT2D eigenvalue weighted by atomic mass is 16.5. The maximum Gasteiger partial charge on any atom is 0.252 e. The molecule has 0 radical (unpaired) electrons. The zero-order chi connectivity index (χ0) is 19.4. The number of aromatic amines is 1. The van der Waals surface area contributed by atoms with E-state index in [4.69, 9.17) is 4.74 Å². The van der Waals surface area contributed by atoms with Crippen molar-refractivity contribution in [1.82, 2.24) is 10.3 Å². The Hall–Kier alpha value is -2.63.